The number of aromatic nitrogens is 1. The Morgan fingerprint density at radius 1 is 1.11 bits per heavy atom. The second-order valence-corrected chi connectivity index (χ2v) is 5.63. The second-order valence-electron chi connectivity index (χ2n) is 5.63. The van der Waals surface area contributed by atoms with Gasteiger partial charge in [0.05, 0.1) is 11.1 Å². The molecule has 3 rings (SSSR count). The summed E-state index contributed by atoms with van der Waals surface area (Å²) in [4.78, 5) is 10.9. The van der Waals surface area contributed by atoms with Crippen LogP contribution in [0.4, 0.5) is 18.9 Å². The minimum absolute atomic E-state index is 0.0127. The first kappa shape index (κ1) is 18.2. The van der Waals surface area contributed by atoms with Gasteiger partial charge >= 0.3 is 12.1 Å². The van der Waals surface area contributed by atoms with Crippen molar-refractivity contribution in [2.45, 2.75) is 6.18 Å². The Kier molecular flexibility index (Phi) is 4.44. The number of carboxylic acids is 1. The van der Waals surface area contributed by atoms with Crippen molar-refractivity contribution in [3.8, 4) is 11.3 Å². The molecule has 0 unspecified atom stereocenters. The Balaban J connectivity index is 1.88. The summed E-state index contributed by atoms with van der Waals surface area (Å²) < 4.78 is 43.3. The predicted molar refractivity (Wildman–Crippen MR) is 90.7 cm³/mol. The van der Waals surface area contributed by atoms with Crippen LogP contribution in [0.1, 0.15) is 27.2 Å². The van der Waals surface area contributed by atoms with Crippen molar-refractivity contribution in [2.75, 3.05) is 5.73 Å². The third-order valence-electron chi connectivity index (χ3n) is 3.83. The van der Waals surface area contributed by atoms with E-state index in [2.05, 4.69) is 5.16 Å². The second kappa shape index (κ2) is 6.60. The van der Waals surface area contributed by atoms with Gasteiger partial charge in [-0.2, -0.15) is 13.2 Å². The van der Waals surface area contributed by atoms with Crippen LogP contribution in [0.3, 0.4) is 0 Å². The maximum Gasteiger partial charge on any atom is 0.416 e. The molecule has 0 radical (unpaired) electrons. The van der Waals surface area contributed by atoms with Crippen LogP contribution in [0.25, 0.3) is 11.3 Å². The number of carboxylic acid groups (broad SMARTS) is 1. The van der Waals surface area contributed by atoms with E-state index in [9.17, 15) is 18.0 Å². The smallest absolute Gasteiger partial charge is 0.416 e. The number of rotatable bonds is 4. The van der Waals surface area contributed by atoms with Crippen molar-refractivity contribution in [3.63, 3.8) is 0 Å². The number of alkyl halides is 3. The lowest BCUT2D eigenvalue weighted by Gasteiger charge is -2.10. The maximum absolute atomic E-state index is 12.7. The Morgan fingerprint density at radius 2 is 1.78 bits per heavy atom. The van der Waals surface area contributed by atoms with Crippen LogP contribution in [0.5, 0.6) is 0 Å². The van der Waals surface area contributed by atoms with Gasteiger partial charge in [-0.1, -0.05) is 23.4 Å². The van der Waals surface area contributed by atoms with Crippen molar-refractivity contribution >= 4 is 17.4 Å². The summed E-state index contributed by atoms with van der Waals surface area (Å²) in [5, 5.41) is 20.8. The first-order valence-electron chi connectivity index (χ1n) is 7.53. The van der Waals surface area contributed by atoms with Gasteiger partial charge in [-0.15, -0.1) is 0 Å². The Labute approximate surface area is 150 Å². The van der Waals surface area contributed by atoms with Crippen molar-refractivity contribution in [3.05, 3.63) is 71.0 Å². The van der Waals surface area contributed by atoms with Gasteiger partial charge in [0.25, 0.3) is 0 Å². The number of aromatic carboxylic acids is 1. The first-order chi connectivity index (χ1) is 12.7. The lowest BCUT2D eigenvalue weighted by Crippen LogP contribution is -2.09. The molecule has 9 heteroatoms. The Bertz CT molecular complexity index is 1020. The van der Waals surface area contributed by atoms with Gasteiger partial charge in [0.15, 0.2) is 5.76 Å². The fraction of sp³-hybridized carbons (Fsp3) is 0.0556. The molecule has 0 aliphatic rings. The Hall–Kier alpha value is -3.62. The normalized spacial score (nSPS) is 11.4. The Morgan fingerprint density at radius 3 is 2.33 bits per heavy atom. The molecule has 0 amide bonds. The molecule has 1 aromatic heterocycles. The minimum atomic E-state index is -4.53. The molecule has 0 aliphatic heterocycles. The molecule has 0 aliphatic carbocycles. The number of hydrogen-bond acceptors (Lipinski definition) is 5. The summed E-state index contributed by atoms with van der Waals surface area (Å²) in [6.45, 7) is 0. The summed E-state index contributed by atoms with van der Waals surface area (Å²) in [7, 11) is 0. The minimum Gasteiger partial charge on any atom is -0.478 e. The molecule has 2 aromatic carbocycles. The highest BCUT2D eigenvalue weighted by atomic mass is 19.4. The van der Waals surface area contributed by atoms with E-state index < -0.39 is 17.7 Å². The van der Waals surface area contributed by atoms with Crippen LogP contribution in [0, 0.1) is 5.41 Å². The molecule has 0 bridgehead atoms. The van der Waals surface area contributed by atoms with Gasteiger partial charge < -0.3 is 15.4 Å². The zero-order chi connectivity index (χ0) is 19.8. The number of nitrogen functional groups attached to an aromatic ring is 1. The van der Waals surface area contributed by atoms with Crippen LogP contribution in [-0.2, 0) is 6.18 Å². The molecule has 0 spiro atoms. The van der Waals surface area contributed by atoms with Crippen LogP contribution in [0.15, 0.2) is 53.1 Å². The van der Waals surface area contributed by atoms with Gasteiger partial charge in [0, 0.05) is 22.9 Å². The van der Waals surface area contributed by atoms with E-state index in [1.165, 1.54) is 30.3 Å². The van der Waals surface area contributed by atoms with Crippen molar-refractivity contribution in [2.24, 2.45) is 0 Å². The standard InChI is InChI=1S/C18H12F3N3O3/c19-18(20,21)11-5-6-12(13(22)7-11)16(23)15-8-14(24-27-15)9-1-3-10(4-2-9)17(25)26/h1-8,23H,22H2,(H,25,26). The third kappa shape index (κ3) is 3.66. The number of anilines is 1. The van der Waals surface area contributed by atoms with Gasteiger partial charge in [0.2, 0.25) is 0 Å². The molecule has 4 N–H and O–H groups in total. The molecule has 0 saturated carbocycles. The maximum atomic E-state index is 12.7. The molecule has 1 heterocycles. The highest BCUT2D eigenvalue weighted by molar-refractivity contribution is 6.12. The molecular weight excluding hydrogens is 363 g/mol. The monoisotopic (exact) mass is 375 g/mol. The molecule has 0 saturated heterocycles. The summed E-state index contributed by atoms with van der Waals surface area (Å²) in [5.74, 6) is -1.05. The molecule has 3 aromatic rings. The van der Waals surface area contributed by atoms with Crippen molar-refractivity contribution in [1.29, 1.82) is 5.41 Å². The predicted octanol–water partition coefficient (Wildman–Crippen LogP) is 4.06. The lowest BCUT2D eigenvalue weighted by molar-refractivity contribution is -0.137. The highest BCUT2D eigenvalue weighted by Crippen LogP contribution is 2.32. The molecule has 27 heavy (non-hydrogen) atoms. The quantitative estimate of drug-likeness (QED) is 0.470. The largest absolute Gasteiger partial charge is 0.478 e. The number of benzene rings is 2. The molecular formula is C18H12F3N3O3. The summed E-state index contributed by atoms with van der Waals surface area (Å²) in [5.41, 5.74) is 5.41. The van der Waals surface area contributed by atoms with E-state index in [0.717, 1.165) is 18.2 Å². The van der Waals surface area contributed by atoms with E-state index in [0.29, 0.717) is 11.3 Å². The van der Waals surface area contributed by atoms with E-state index in [1.807, 2.05) is 0 Å². The summed E-state index contributed by atoms with van der Waals surface area (Å²) in [6, 6.07) is 9.96. The number of nitrogens with one attached hydrogen (secondary N) is 1. The van der Waals surface area contributed by atoms with Crippen LogP contribution in [-0.4, -0.2) is 21.9 Å². The third-order valence-corrected chi connectivity index (χ3v) is 3.83. The number of nitrogens with two attached hydrogens (primary N) is 1. The van der Waals surface area contributed by atoms with Gasteiger partial charge in [-0.3, -0.25) is 5.41 Å². The van der Waals surface area contributed by atoms with Crippen LogP contribution >= 0.6 is 0 Å². The molecule has 138 valence electrons. The molecule has 6 nitrogen and oxygen atoms in total. The molecule has 0 fully saturated rings. The number of hydrogen-bond donors (Lipinski definition) is 3. The van der Waals surface area contributed by atoms with E-state index >= 15 is 0 Å². The average Bonchev–Trinajstić information content (AvgIpc) is 3.10. The van der Waals surface area contributed by atoms with E-state index in [1.54, 1.807) is 0 Å². The zero-order valence-electron chi connectivity index (χ0n) is 13.5. The van der Waals surface area contributed by atoms with Crippen molar-refractivity contribution in [1.82, 2.24) is 5.16 Å². The van der Waals surface area contributed by atoms with Crippen LogP contribution in [0.2, 0.25) is 0 Å². The fourth-order valence-electron chi connectivity index (χ4n) is 2.41. The fourth-order valence-corrected chi connectivity index (χ4v) is 2.41. The van der Waals surface area contributed by atoms with Crippen molar-refractivity contribution < 1.29 is 27.6 Å². The number of carbonyl (C=O) groups is 1. The topological polar surface area (TPSA) is 113 Å². The summed E-state index contributed by atoms with van der Waals surface area (Å²) >= 11 is 0. The van der Waals surface area contributed by atoms with Gasteiger partial charge in [0.1, 0.15) is 11.4 Å². The summed E-state index contributed by atoms with van der Waals surface area (Å²) in [6.07, 6.45) is -4.53. The van der Waals surface area contributed by atoms with Gasteiger partial charge in [-0.25, -0.2) is 4.79 Å². The van der Waals surface area contributed by atoms with Crippen LogP contribution < -0.4 is 5.73 Å². The van der Waals surface area contributed by atoms with E-state index in [4.69, 9.17) is 20.8 Å². The SMILES string of the molecule is N=C(c1cc(-c2ccc(C(=O)O)cc2)no1)c1ccc(C(F)(F)F)cc1N. The highest BCUT2D eigenvalue weighted by Gasteiger charge is 2.31. The number of nitrogens with zero attached hydrogens (tertiary/aromatic N) is 1. The number of halogens is 3. The molecule has 0 atom stereocenters. The zero-order valence-corrected chi connectivity index (χ0v) is 13.5. The lowest BCUT2D eigenvalue weighted by atomic mass is 10.0. The van der Waals surface area contributed by atoms with Gasteiger partial charge in [-0.05, 0) is 24.3 Å². The van der Waals surface area contributed by atoms with E-state index in [-0.39, 0.29) is 28.3 Å². The average molecular weight is 375 g/mol. The first-order valence-corrected chi connectivity index (χ1v) is 7.53.